The highest BCUT2D eigenvalue weighted by molar-refractivity contribution is 8.02. The van der Waals surface area contributed by atoms with Crippen LogP contribution in [0.5, 0.6) is 23.0 Å². The maximum absolute atomic E-state index is 15.3. The predicted molar refractivity (Wildman–Crippen MR) is 180 cm³/mol. The van der Waals surface area contributed by atoms with E-state index in [-0.39, 0.29) is 11.4 Å². The average Bonchev–Trinajstić information content (AvgIpc) is 3.66. The number of anilines is 1. The van der Waals surface area contributed by atoms with Crippen LogP contribution in [0.1, 0.15) is 44.0 Å². The van der Waals surface area contributed by atoms with Gasteiger partial charge in [0.25, 0.3) is 5.91 Å². The normalized spacial score (nSPS) is 17.3. The Morgan fingerprint density at radius 3 is 2.36 bits per heavy atom. The summed E-state index contributed by atoms with van der Waals surface area (Å²) in [6.07, 6.45) is 4.69. The van der Waals surface area contributed by atoms with Gasteiger partial charge in [-0.2, -0.15) is 0 Å². The summed E-state index contributed by atoms with van der Waals surface area (Å²) in [6.45, 7) is 6.70. The lowest BCUT2D eigenvalue weighted by Gasteiger charge is -2.25. The second-order valence-electron chi connectivity index (χ2n) is 12.3. The Morgan fingerprint density at radius 2 is 1.68 bits per heavy atom. The number of aromatic nitrogens is 1. The lowest BCUT2D eigenvalue weighted by Crippen LogP contribution is -2.49. The van der Waals surface area contributed by atoms with Gasteiger partial charge in [0.1, 0.15) is 22.8 Å². The number of benzene rings is 3. The second-order valence-corrected chi connectivity index (χ2v) is 14.0. The Bertz CT molecular complexity index is 1880. The Labute approximate surface area is 290 Å². The van der Waals surface area contributed by atoms with E-state index in [1.54, 1.807) is 26.0 Å². The van der Waals surface area contributed by atoms with Crippen LogP contribution in [0.2, 0.25) is 0 Å². The standard InChI is InChI=1S/C35H35F4N5O5S/c1-35(2)33(45)44(32(50-35)30-22(36)8-6-9-23(30)37)42-34(46)41-20-16-24(38)31(25(39)17-20)49-27-10-11-40-26-19-29(28(47-3)18-21(26)27)48-15-7-14-43-12-4-5-13-43/h6,8-11,16-19,32H,4-5,7,12-15H2,1-3H3,(H2,41,42,46). The molecule has 1 atom stereocenters. The fraction of sp³-hybridized carbons (Fsp3) is 0.343. The molecule has 0 radical (unpaired) electrons. The number of nitrogens with zero attached hydrogens (tertiary/aromatic N) is 3. The van der Waals surface area contributed by atoms with E-state index in [9.17, 15) is 18.4 Å². The first-order valence-electron chi connectivity index (χ1n) is 16.0. The summed E-state index contributed by atoms with van der Waals surface area (Å²) in [5.74, 6) is -4.53. The summed E-state index contributed by atoms with van der Waals surface area (Å²) in [5, 5.41) is 2.21. The number of carbonyl (C=O) groups is 2. The van der Waals surface area contributed by atoms with Gasteiger partial charge in [0.15, 0.2) is 28.9 Å². The number of halogens is 4. The number of urea groups is 1. The molecular formula is C35H35F4N5O5S. The molecule has 3 heterocycles. The van der Waals surface area contributed by atoms with Crippen LogP contribution in [0.25, 0.3) is 10.9 Å². The maximum atomic E-state index is 15.3. The van der Waals surface area contributed by atoms with Gasteiger partial charge in [-0.3, -0.25) is 9.78 Å². The molecule has 2 aliphatic rings. The van der Waals surface area contributed by atoms with Gasteiger partial charge in [0, 0.05) is 42.0 Å². The third kappa shape index (κ3) is 7.38. The van der Waals surface area contributed by atoms with Crippen molar-refractivity contribution >= 4 is 40.3 Å². The van der Waals surface area contributed by atoms with E-state index in [1.165, 1.54) is 38.3 Å². The zero-order valence-corrected chi connectivity index (χ0v) is 28.3. The third-order valence-electron chi connectivity index (χ3n) is 8.37. The van der Waals surface area contributed by atoms with Crippen molar-refractivity contribution in [1.29, 1.82) is 0 Å². The summed E-state index contributed by atoms with van der Waals surface area (Å²) in [5.41, 5.74) is 1.97. The largest absolute Gasteiger partial charge is 0.493 e. The molecular weight excluding hydrogens is 678 g/mol. The lowest BCUT2D eigenvalue weighted by atomic mass is 10.1. The van der Waals surface area contributed by atoms with Crippen LogP contribution in [0.15, 0.2) is 54.7 Å². The van der Waals surface area contributed by atoms with Crippen LogP contribution < -0.4 is 25.0 Å². The molecule has 2 N–H and O–H groups in total. The van der Waals surface area contributed by atoms with Gasteiger partial charge < -0.3 is 24.4 Å². The number of ether oxygens (including phenoxy) is 3. The smallest absolute Gasteiger partial charge is 0.338 e. The molecule has 0 aliphatic carbocycles. The monoisotopic (exact) mass is 713 g/mol. The quantitative estimate of drug-likeness (QED) is 0.121. The summed E-state index contributed by atoms with van der Waals surface area (Å²) in [7, 11) is 1.48. The number of thioether (sulfide) groups is 1. The molecule has 2 aliphatic heterocycles. The fourth-order valence-corrected chi connectivity index (χ4v) is 7.25. The first-order chi connectivity index (χ1) is 23.9. The molecule has 50 heavy (non-hydrogen) atoms. The molecule has 1 aromatic heterocycles. The van der Waals surface area contributed by atoms with E-state index in [4.69, 9.17) is 14.2 Å². The topological polar surface area (TPSA) is 105 Å². The minimum absolute atomic E-state index is 0.0872. The third-order valence-corrected chi connectivity index (χ3v) is 9.81. The van der Waals surface area contributed by atoms with Gasteiger partial charge in [-0.25, -0.2) is 32.8 Å². The van der Waals surface area contributed by atoms with Crippen LogP contribution in [0.3, 0.4) is 0 Å². The number of likely N-dealkylation sites (tertiary alicyclic amines) is 1. The number of rotatable bonds is 11. The summed E-state index contributed by atoms with van der Waals surface area (Å²) >= 11 is 0.930. The number of amides is 3. The molecule has 0 bridgehead atoms. The molecule has 0 spiro atoms. The average molecular weight is 714 g/mol. The van der Waals surface area contributed by atoms with Crippen LogP contribution in [-0.2, 0) is 4.79 Å². The van der Waals surface area contributed by atoms with Gasteiger partial charge in [-0.15, -0.1) is 11.8 Å². The van der Waals surface area contributed by atoms with E-state index in [1.807, 2.05) is 0 Å². The Kier molecular flexibility index (Phi) is 10.3. The van der Waals surface area contributed by atoms with E-state index in [0.717, 1.165) is 67.1 Å². The molecule has 15 heteroatoms. The van der Waals surface area contributed by atoms with Gasteiger partial charge in [0.2, 0.25) is 0 Å². The van der Waals surface area contributed by atoms with Crippen molar-refractivity contribution in [3.63, 3.8) is 0 Å². The fourth-order valence-electron chi connectivity index (χ4n) is 5.90. The molecule has 4 aromatic rings. The van der Waals surface area contributed by atoms with E-state index < -0.39 is 56.6 Å². The van der Waals surface area contributed by atoms with E-state index in [0.29, 0.717) is 29.0 Å². The molecule has 3 aromatic carbocycles. The molecule has 264 valence electrons. The first kappa shape index (κ1) is 35.1. The Balaban J connectivity index is 1.16. The second kappa shape index (κ2) is 14.6. The van der Waals surface area contributed by atoms with Crippen LogP contribution in [0, 0.1) is 23.3 Å². The molecule has 0 saturated carbocycles. The molecule has 2 fully saturated rings. The number of pyridine rings is 1. The molecule has 2 saturated heterocycles. The highest BCUT2D eigenvalue weighted by Gasteiger charge is 2.49. The predicted octanol–water partition coefficient (Wildman–Crippen LogP) is 7.55. The number of carbonyl (C=O) groups excluding carboxylic acids is 2. The molecule has 3 amide bonds. The zero-order valence-electron chi connectivity index (χ0n) is 27.5. The van der Waals surface area contributed by atoms with Crippen LogP contribution >= 0.6 is 11.8 Å². The van der Waals surface area contributed by atoms with Crippen molar-refractivity contribution in [2.75, 3.05) is 38.7 Å². The highest BCUT2D eigenvalue weighted by atomic mass is 32.2. The molecule has 10 nitrogen and oxygen atoms in total. The molecule has 1 unspecified atom stereocenters. The Morgan fingerprint density at radius 1 is 0.980 bits per heavy atom. The van der Waals surface area contributed by atoms with Gasteiger partial charge >= 0.3 is 6.03 Å². The summed E-state index contributed by atoms with van der Waals surface area (Å²) in [6, 6.07) is 8.57. The number of hydrazine groups is 1. The summed E-state index contributed by atoms with van der Waals surface area (Å²) < 4.78 is 76.0. The van der Waals surface area contributed by atoms with Crippen molar-refractivity contribution in [2.45, 2.75) is 43.2 Å². The van der Waals surface area contributed by atoms with Crippen molar-refractivity contribution < 1.29 is 41.4 Å². The number of fused-ring (bicyclic) bond motifs is 1. The van der Waals surface area contributed by atoms with Gasteiger partial charge in [0.05, 0.1) is 29.5 Å². The Hall–Kier alpha value is -4.76. The van der Waals surface area contributed by atoms with E-state index >= 15 is 8.78 Å². The number of hydrogen-bond acceptors (Lipinski definition) is 8. The highest BCUT2D eigenvalue weighted by Crippen LogP contribution is 2.49. The minimum Gasteiger partial charge on any atom is -0.493 e. The minimum atomic E-state index is -1.25. The first-order valence-corrected chi connectivity index (χ1v) is 16.8. The SMILES string of the molecule is COc1cc2c(Oc3c(F)cc(NC(=O)NN4C(=O)C(C)(C)SC4c4c(F)cccc4F)cc3F)ccnc2cc1OCCCN1CCCC1. The van der Waals surface area contributed by atoms with Crippen molar-refractivity contribution in [1.82, 2.24) is 20.3 Å². The zero-order chi connectivity index (χ0) is 35.6. The van der Waals surface area contributed by atoms with Gasteiger partial charge in [-0.1, -0.05) is 6.07 Å². The lowest BCUT2D eigenvalue weighted by molar-refractivity contribution is -0.134. The van der Waals surface area contributed by atoms with Crippen molar-refractivity contribution in [3.05, 3.63) is 83.6 Å². The van der Waals surface area contributed by atoms with Crippen molar-refractivity contribution in [3.8, 4) is 23.0 Å². The van der Waals surface area contributed by atoms with Gasteiger partial charge in [-0.05, 0) is 70.5 Å². The number of methoxy groups -OCH3 is 1. The summed E-state index contributed by atoms with van der Waals surface area (Å²) in [4.78, 5) is 32.7. The van der Waals surface area contributed by atoms with Crippen LogP contribution in [-0.4, -0.2) is 64.9 Å². The van der Waals surface area contributed by atoms with E-state index in [2.05, 4.69) is 20.6 Å². The number of hydrogen-bond donors (Lipinski definition) is 2. The van der Waals surface area contributed by atoms with Crippen LogP contribution in [0.4, 0.5) is 28.0 Å². The number of nitrogens with one attached hydrogen (secondary N) is 2. The molecule has 6 rings (SSSR count). The maximum Gasteiger partial charge on any atom is 0.338 e. The van der Waals surface area contributed by atoms with Crippen molar-refractivity contribution in [2.24, 2.45) is 0 Å².